The van der Waals surface area contributed by atoms with Crippen LogP contribution in [0.15, 0.2) is 0 Å². The second kappa shape index (κ2) is 3.10. The molecule has 13 heavy (non-hydrogen) atoms. The van der Waals surface area contributed by atoms with Crippen LogP contribution in [-0.2, 0) is 14.3 Å². The van der Waals surface area contributed by atoms with Crippen molar-refractivity contribution in [3.63, 3.8) is 0 Å². The molecule has 2 aliphatic rings. The highest BCUT2D eigenvalue weighted by Crippen LogP contribution is 2.36. The first kappa shape index (κ1) is 8.69. The van der Waals surface area contributed by atoms with Crippen molar-refractivity contribution in [3.05, 3.63) is 0 Å². The zero-order valence-electron chi connectivity index (χ0n) is 7.47. The van der Waals surface area contributed by atoms with E-state index in [1.807, 2.05) is 0 Å². The largest absolute Gasteiger partial charge is 0.381 e. The van der Waals surface area contributed by atoms with Crippen LogP contribution in [0.3, 0.4) is 0 Å². The van der Waals surface area contributed by atoms with Crippen LogP contribution < -0.4 is 5.32 Å². The molecule has 0 radical (unpaired) electrons. The summed E-state index contributed by atoms with van der Waals surface area (Å²) in [6, 6.07) is 0. The Morgan fingerprint density at radius 2 is 1.92 bits per heavy atom. The van der Waals surface area contributed by atoms with Crippen molar-refractivity contribution in [1.82, 2.24) is 5.32 Å². The molecule has 2 fully saturated rings. The maximum Gasteiger partial charge on any atom is 0.227 e. The van der Waals surface area contributed by atoms with Gasteiger partial charge in [0.1, 0.15) is 0 Å². The normalized spacial score (nSPS) is 27.4. The molecule has 72 valence electrons. The van der Waals surface area contributed by atoms with Crippen LogP contribution in [-0.4, -0.2) is 31.4 Å². The van der Waals surface area contributed by atoms with Gasteiger partial charge in [0.05, 0.1) is 12.0 Å². The van der Waals surface area contributed by atoms with E-state index in [9.17, 15) is 9.59 Å². The monoisotopic (exact) mass is 183 g/mol. The van der Waals surface area contributed by atoms with Crippen molar-refractivity contribution in [3.8, 4) is 0 Å². The van der Waals surface area contributed by atoms with Crippen LogP contribution in [0.1, 0.15) is 19.3 Å². The molecule has 0 aromatic rings. The Kier molecular flexibility index (Phi) is 2.07. The number of nitrogens with one attached hydrogen (secondary N) is 1. The van der Waals surface area contributed by atoms with Crippen molar-refractivity contribution < 1.29 is 14.3 Å². The molecule has 0 aromatic carbocycles. The second-order valence-corrected chi connectivity index (χ2v) is 3.79. The van der Waals surface area contributed by atoms with E-state index in [1.54, 1.807) is 0 Å². The quantitative estimate of drug-likeness (QED) is 0.569. The molecule has 1 N–H and O–H groups in total. The Morgan fingerprint density at radius 1 is 1.23 bits per heavy atom. The van der Waals surface area contributed by atoms with E-state index in [-0.39, 0.29) is 18.2 Å². The summed E-state index contributed by atoms with van der Waals surface area (Å²) in [5, 5.41) is 2.65. The molecule has 0 unspecified atom stereocenters. The van der Waals surface area contributed by atoms with Gasteiger partial charge in [-0.3, -0.25) is 9.59 Å². The molecular weight excluding hydrogens is 170 g/mol. The number of carbonyl (C=O) groups is 2. The van der Waals surface area contributed by atoms with Crippen LogP contribution >= 0.6 is 0 Å². The van der Waals surface area contributed by atoms with Gasteiger partial charge in [-0.2, -0.15) is 0 Å². The number of ketones is 1. The summed E-state index contributed by atoms with van der Waals surface area (Å²) < 4.78 is 5.19. The van der Waals surface area contributed by atoms with E-state index in [1.165, 1.54) is 0 Å². The Bertz CT molecular complexity index is 243. The second-order valence-electron chi connectivity index (χ2n) is 3.79. The molecule has 2 saturated heterocycles. The molecule has 4 nitrogen and oxygen atoms in total. The number of ether oxygens (including phenoxy) is 1. The third kappa shape index (κ3) is 1.46. The lowest BCUT2D eigenvalue weighted by Gasteiger charge is -2.37. The number of amides is 1. The standard InChI is InChI=1S/C9H13NO3/c11-7-5-9(8(12)10-6-7)1-3-13-4-2-9/h1-6H2,(H,10,12). The first-order valence-electron chi connectivity index (χ1n) is 4.61. The van der Waals surface area contributed by atoms with E-state index >= 15 is 0 Å². The Morgan fingerprint density at radius 3 is 2.62 bits per heavy atom. The van der Waals surface area contributed by atoms with Gasteiger partial charge in [0.25, 0.3) is 0 Å². The van der Waals surface area contributed by atoms with Crippen molar-refractivity contribution in [2.75, 3.05) is 19.8 Å². The summed E-state index contributed by atoms with van der Waals surface area (Å²) in [5.41, 5.74) is -0.437. The molecule has 2 heterocycles. The van der Waals surface area contributed by atoms with Gasteiger partial charge in [0.2, 0.25) is 5.91 Å². The predicted octanol–water partition coefficient (Wildman–Crippen LogP) is -0.128. The van der Waals surface area contributed by atoms with Crippen LogP contribution in [0.25, 0.3) is 0 Å². The zero-order valence-corrected chi connectivity index (χ0v) is 7.47. The first-order chi connectivity index (χ1) is 6.23. The first-order valence-corrected chi connectivity index (χ1v) is 4.61. The minimum absolute atomic E-state index is 0.0374. The number of hydrogen-bond donors (Lipinski definition) is 1. The summed E-state index contributed by atoms with van der Waals surface area (Å²) in [6.07, 6.45) is 1.78. The number of rotatable bonds is 0. The van der Waals surface area contributed by atoms with Gasteiger partial charge in [0.15, 0.2) is 5.78 Å². The number of carbonyl (C=O) groups excluding carboxylic acids is 2. The summed E-state index contributed by atoms with van der Waals surface area (Å²) in [7, 11) is 0. The van der Waals surface area contributed by atoms with Crippen LogP contribution in [0.5, 0.6) is 0 Å². The van der Waals surface area contributed by atoms with Crippen molar-refractivity contribution in [2.45, 2.75) is 19.3 Å². The fourth-order valence-corrected chi connectivity index (χ4v) is 2.05. The fourth-order valence-electron chi connectivity index (χ4n) is 2.05. The molecule has 0 saturated carbocycles. The van der Waals surface area contributed by atoms with Gasteiger partial charge in [0, 0.05) is 19.6 Å². The lowest BCUT2D eigenvalue weighted by Crippen LogP contribution is -2.52. The molecular formula is C9H13NO3. The average molecular weight is 183 g/mol. The summed E-state index contributed by atoms with van der Waals surface area (Å²) in [6.45, 7) is 1.41. The third-order valence-corrected chi connectivity index (χ3v) is 2.91. The van der Waals surface area contributed by atoms with E-state index in [0.717, 1.165) is 0 Å². The average Bonchev–Trinajstić information content (AvgIpc) is 2.14. The molecule has 0 atom stereocenters. The Hall–Kier alpha value is -0.900. The zero-order chi connectivity index (χ0) is 9.31. The highest BCUT2D eigenvalue weighted by Gasteiger charge is 2.44. The fraction of sp³-hybridized carbons (Fsp3) is 0.778. The molecule has 1 spiro atoms. The van der Waals surface area contributed by atoms with Crippen LogP contribution in [0, 0.1) is 5.41 Å². The van der Waals surface area contributed by atoms with E-state index < -0.39 is 5.41 Å². The minimum Gasteiger partial charge on any atom is -0.381 e. The van der Waals surface area contributed by atoms with Gasteiger partial charge in [-0.25, -0.2) is 0 Å². The van der Waals surface area contributed by atoms with Gasteiger partial charge >= 0.3 is 0 Å². The highest BCUT2D eigenvalue weighted by molar-refractivity contribution is 5.96. The van der Waals surface area contributed by atoms with Crippen LogP contribution in [0.2, 0.25) is 0 Å². The molecule has 0 aromatic heterocycles. The van der Waals surface area contributed by atoms with Gasteiger partial charge < -0.3 is 10.1 Å². The highest BCUT2D eigenvalue weighted by atomic mass is 16.5. The minimum atomic E-state index is -0.437. The van der Waals surface area contributed by atoms with Crippen LogP contribution in [0.4, 0.5) is 0 Å². The van der Waals surface area contributed by atoms with E-state index in [0.29, 0.717) is 32.5 Å². The third-order valence-electron chi connectivity index (χ3n) is 2.91. The summed E-state index contributed by atoms with van der Waals surface area (Å²) >= 11 is 0. The van der Waals surface area contributed by atoms with Gasteiger partial charge in [-0.15, -0.1) is 0 Å². The molecule has 0 bridgehead atoms. The predicted molar refractivity (Wildman–Crippen MR) is 45.1 cm³/mol. The summed E-state index contributed by atoms with van der Waals surface area (Å²) in [4.78, 5) is 22.8. The maximum atomic E-state index is 11.6. The van der Waals surface area contributed by atoms with Crippen molar-refractivity contribution >= 4 is 11.7 Å². The molecule has 0 aliphatic carbocycles. The van der Waals surface area contributed by atoms with E-state index in [2.05, 4.69) is 5.32 Å². The SMILES string of the molecule is O=C1CNC(=O)C2(CCOCC2)C1. The number of piperidine rings is 1. The molecule has 2 rings (SSSR count). The molecule has 1 amide bonds. The number of hydrogen-bond acceptors (Lipinski definition) is 3. The van der Waals surface area contributed by atoms with Crippen molar-refractivity contribution in [2.24, 2.45) is 5.41 Å². The Balaban J connectivity index is 2.16. The topological polar surface area (TPSA) is 55.4 Å². The lowest BCUT2D eigenvalue weighted by molar-refractivity contribution is -0.146. The number of Topliss-reactive ketones (excluding diaryl/α,β-unsaturated/α-hetero) is 1. The van der Waals surface area contributed by atoms with Crippen molar-refractivity contribution in [1.29, 1.82) is 0 Å². The maximum absolute atomic E-state index is 11.6. The van der Waals surface area contributed by atoms with Gasteiger partial charge in [-0.1, -0.05) is 0 Å². The summed E-state index contributed by atoms with van der Waals surface area (Å²) in [5.74, 6) is 0.178. The molecule has 4 heteroatoms. The smallest absolute Gasteiger partial charge is 0.227 e. The van der Waals surface area contributed by atoms with Gasteiger partial charge in [-0.05, 0) is 12.8 Å². The Labute approximate surface area is 76.6 Å². The van der Waals surface area contributed by atoms with E-state index in [4.69, 9.17) is 4.74 Å². The molecule has 2 aliphatic heterocycles. The lowest BCUT2D eigenvalue weighted by atomic mass is 9.73.